The molecule has 0 saturated heterocycles. The van der Waals surface area contributed by atoms with Gasteiger partial charge in [-0.3, -0.25) is 24.3 Å². The van der Waals surface area contributed by atoms with Crippen LogP contribution in [-0.2, 0) is 0 Å². The smallest absolute Gasteiger partial charge is 0.262 e. The third-order valence-corrected chi connectivity index (χ3v) is 4.56. The van der Waals surface area contributed by atoms with E-state index in [4.69, 9.17) is 5.73 Å². The summed E-state index contributed by atoms with van der Waals surface area (Å²) in [5.74, 6) is -1.73. The molecule has 0 fully saturated rings. The lowest BCUT2D eigenvalue weighted by Gasteiger charge is -2.13. The molecule has 1 aliphatic heterocycles. The van der Waals surface area contributed by atoms with Gasteiger partial charge >= 0.3 is 0 Å². The molecule has 27 heavy (non-hydrogen) atoms. The molecule has 0 unspecified atom stereocenters. The van der Waals surface area contributed by atoms with Crippen molar-refractivity contribution < 1.29 is 14.0 Å². The molecule has 1 aliphatic rings. The van der Waals surface area contributed by atoms with Crippen LogP contribution in [0, 0.1) is 12.7 Å². The Morgan fingerprint density at radius 1 is 0.963 bits per heavy atom. The zero-order chi connectivity index (χ0) is 19.3. The van der Waals surface area contributed by atoms with E-state index in [-0.39, 0.29) is 22.8 Å². The summed E-state index contributed by atoms with van der Waals surface area (Å²) >= 11 is 0. The highest BCUT2D eigenvalue weighted by Gasteiger charge is 2.31. The van der Waals surface area contributed by atoms with Crippen LogP contribution < -0.4 is 16.6 Å². The number of rotatable bonds is 2. The van der Waals surface area contributed by atoms with Gasteiger partial charge in [-0.25, -0.2) is 4.39 Å². The lowest BCUT2D eigenvalue weighted by Crippen LogP contribution is -2.24. The molecule has 0 spiro atoms. The van der Waals surface area contributed by atoms with E-state index in [9.17, 15) is 18.8 Å². The van der Waals surface area contributed by atoms with Crippen LogP contribution >= 0.6 is 0 Å². The summed E-state index contributed by atoms with van der Waals surface area (Å²) in [5.41, 5.74) is 7.71. The van der Waals surface area contributed by atoms with Gasteiger partial charge in [-0.15, -0.1) is 0 Å². The number of hydrogen-bond acceptors (Lipinski definition) is 4. The number of halogens is 1. The quantitative estimate of drug-likeness (QED) is 0.684. The van der Waals surface area contributed by atoms with E-state index in [0.29, 0.717) is 22.4 Å². The first-order valence-electron chi connectivity index (χ1n) is 8.15. The molecule has 134 valence electrons. The third-order valence-electron chi connectivity index (χ3n) is 4.56. The van der Waals surface area contributed by atoms with Crippen LogP contribution in [0.1, 0.15) is 26.3 Å². The fourth-order valence-electron chi connectivity index (χ4n) is 3.14. The molecule has 6 nitrogen and oxygen atoms in total. The van der Waals surface area contributed by atoms with E-state index in [2.05, 4.69) is 5.32 Å². The van der Waals surface area contributed by atoms with E-state index in [1.54, 1.807) is 43.3 Å². The fraction of sp³-hybridized carbons (Fsp3) is 0.0500. The van der Waals surface area contributed by atoms with Gasteiger partial charge in [-0.05, 0) is 41.8 Å². The van der Waals surface area contributed by atoms with Crippen molar-refractivity contribution in [3.63, 3.8) is 0 Å². The lowest BCUT2D eigenvalue weighted by atomic mass is 10.0. The summed E-state index contributed by atoms with van der Waals surface area (Å²) in [7, 11) is 0. The Balaban J connectivity index is 1.90. The van der Waals surface area contributed by atoms with Gasteiger partial charge in [0.05, 0.1) is 16.8 Å². The summed E-state index contributed by atoms with van der Waals surface area (Å²) in [4.78, 5) is 36.3. The van der Waals surface area contributed by atoms with Crippen LogP contribution in [0.25, 0.3) is 16.8 Å². The molecule has 2 heterocycles. The minimum Gasteiger partial charge on any atom is -0.384 e. The monoisotopic (exact) mass is 363 g/mol. The number of nitrogens with two attached hydrogens (primary N) is 1. The van der Waals surface area contributed by atoms with Gasteiger partial charge in [-0.1, -0.05) is 24.3 Å². The summed E-state index contributed by atoms with van der Waals surface area (Å²) in [6.45, 7) is 1.67. The minimum atomic E-state index is -0.644. The Morgan fingerprint density at radius 3 is 2.44 bits per heavy atom. The van der Waals surface area contributed by atoms with Crippen molar-refractivity contribution in [3.05, 3.63) is 81.4 Å². The van der Waals surface area contributed by atoms with E-state index in [0.717, 1.165) is 10.6 Å². The standard InChI is InChI=1S/C20H14FN3O3/c1-10-5-6-12(8-15(10)21)11-3-2-4-13(7-11)24-16(25)9-14-17(18(24)22)20(27)23-19(14)26/h2-9H,22H2,1H3,(H,23,26,27). The van der Waals surface area contributed by atoms with Crippen molar-refractivity contribution >= 4 is 17.6 Å². The molecular weight excluding hydrogens is 349 g/mol. The second kappa shape index (κ2) is 5.91. The number of nitrogen functional groups attached to an aromatic ring is 1. The number of benzene rings is 2. The first kappa shape index (κ1) is 16.7. The molecule has 7 heteroatoms. The van der Waals surface area contributed by atoms with Crippen LogP contribution in [0.15, 0.2) is 53.3 Å². The highest BCUT2D eigenvalue weighted by Crippen LogP contribution is 2.27. The lowest BCUT2D eigenvalue weighted by molar-refractivity contribution is 0.0880. The SMILES string of the molecule is Cc1ccc(-c2cccc(-n3c(N)c4c(cc3=O)C(=O)NC4=O)c2)cc1F. The van der Waals surface area contributed by atoms with Crippen molar-refractivity contribution in [1.82, 2.24) is 9.88 Å². The maximum Gasteiger partial charge on any atom is 0.262 e. The Bertz CT molecular complexity index is 1200. The molecule has 3 N–H and O–H groups in total. The molecule has 2 aromatic carbocycles. The first-order chi connectivity index (χ1) is 12.9. The zero-order valence-corrected chi connectivity index (χ0v) is 14.2. The van der Waals surface area contributed by atoms with Crippen molar-refractivity contribution in [1.29, 1.82) is 0 Å². The second-order valence-electron chi connectivity index (χ2n) is 6.29. The number of aryl methyl sites for hydroxylation is 1. The summed E-state index contributed by atoms with van der Waals surface area (Å²) in [6.07, 6.45) is 0. The number of nitrogens with zero attached hydrogens (tertiary/aromatic N) is 1. The van der Waals surface area contributed by atoms with Gasteiger partial charge in [0.25, 0.3) is 17.4 Å². The van der Waals surface area contributed by atoms with Crippen LogP contribution in [0.5, 0.6) is 0 Å². The number of amides is 2. The van der Waals surface area contributed by atoms with Crippen molar-refractivity contribution in [2.24, 2.45) is 0 Å². The number of anilines is 1. The van der Waals surface area contributed by atoms with E-state index >= 15 is 0 Å². The molecule has 0 saturated carbocycles. The molecule has 2 amide bonds. The number of nitrogens with one attached hydrogen (secondary N) is 1. The van der Waals surface area contributed by atoms with Gasteiger partial charge in [0.15, 0.2) is 0 Å². The molecule has 1 aromatic heterocycles. The van der Waals surface area contributed by atoms with Crippen LogP contribution in [0.4, 0.5) is 10.2 Å². The highest BCUT2D eigenvalue weighted by molar-refractivity contribution is 6.23. The number of carbonyl (C=O) groups excluding carboxylic acids is 2. The van der Waals surface area contributed by atoms with Crippen LogP contribution in [-0.4, -0.2) is 16.4 Å². The van der Waals surface area contributed by atoms with Gasteiger partial charge in [0, 0.05) is 6.07 Å². The Labute approximate surface area is 153 Å². The maximum absolute atomic E-state index is 13.9. The summed E-state index contributed by atoms with van der Waals surface area (Å²) < 4.78 is 15.1. The third kappa shape index (κ3) is 2.60. The maximum atomic E-state index is 13.9. The Morgan fingerprint density at radius 2 is 1.70 bits per heavy atom. The first-order valence-corrected chi connectivity index (χ1v) is 8.15. The zero-order valence-electron chi connectivity index (χ0n) is 14.2. The predicted molar refractivity (Wildman–Crippen MR) is 98.4 cm³/mol. The van der Waals surface area contributed by atoms with Crippen LogP contribution in [0.3, 0.4) is 0 Å². The van der Waals surface area contributed by atoms with Crippen LogP contribution in [0.2, 0.25) is 0 Å². The average molecular weight is 363 g/mol. The van der Waals surface area contributed by atoms with Gasteiger partial charge in [0.2, 0.25) is 0 Å². The Hall–Kier alpha value is -3.74. The van der Waals surface area contributed by atoms with E-state index in [1.807, 2.05) is 0 Å². The Kier molecular flexibility index (Phi) is 3.66. The largest absolute Gasteiger partial charge is 0.384 e. The van der Waals surface area contributed by atoms with Crippen molar-refractivity contribution in [2.75, 3.05) is 5.73 Å². The van der Waals surface area contributed by atoms with E-state index < -0.39 is 17.4 Å². The molecule has 3 aromatic rings. The molecule has 4 rings (SSSR count). The van der Waals surface area contributed by atoms with E-state index in [1.165, 1.54) is 6.07 Å². The predicted octanol–water partition coefficient (Wildman–Crippen LogP) is 2.42. The minimum absolute atomic E-state index is 0.0219. The summed E-state index contributed by atoms with van der Waals surface area (Å²) in [6, 6.07) is 12.7. The molecule has 0 radical (unpaired) electrons. The second-order valence-corrected chi connectivity index (χ2v) is 6.29. The molecular formula is C20H14FN3O3. The number of pyridine rings is 1. The number of fused-ring (bicyclic) bond motifs is 1. The van der Waals surface area contributed by atoms with Gasteiger partial charge < -0.3 is 5.73 Å². The summed E-state index contributed by atoms with van der Waals surface area (Å²) in [5, 5.41) is 2.13. The fourth-order valence-corrected chi connectivity index (χ4v) is 3.14. The number of aromatic nitrogens is 1. The van der Waals surface area contributed by atoms with Crippen molar-refractivity contribution in [2.45, 2.75) is 6.92 Å². The normalized spacial score (nSPS) is 12.8. The molecule has 0 bridgehead atoms. The average Bonchev–Trinajstić information content (AvgIpc) is 2.91. The highest BCUT2D eigenvalue weighted by atomic mass is 19.1. The molecule has 0 atom stereocenters. The topological polar surface area (TPSA) is 94.2 Å². The number of carbonyl (C=O) groups is 2. The van der Waals surface area contributed by atoms with Gasteiger partial charge in [-0.2, -0.15) is 0 Å². The molecule has 0 aliphatic carbocycles. The van der Waals surface area contributed by atoms with Crippen molar-refractivity contribution in [3.8, 4) is 16.8 Å². The number of imide groups is 1. The number of hydrogen-bond donors (Lipinski definition) is 2. The van der Waals surface area contributed by atoms with Gasteiger partial charge in [0.1, 0.15) is 11.6 Å².